The van der Waals surface area contributed by atoms with E-state index in [0.29, 0.717) is 11.0 Å². The minimum absolute atomic E-state index is 0.0165. The molecule has 3 heterocycles. The molecule has 0 spiro atoms. The van der Waals surface area contributed by atoms with Crippen LogP contribution >= 0.6 is 0 Å². The summed E-state index contributed by atoms with van der Waals surface area (Å²) in [6, 6.07) is 6.97. The molecule has 1 atom stereocenters. The van der Waals surface area contributed by atoms with Gasteiger partial charge < -0.3 is 9.73 Å². The van der Waals surface area contributed by atoms with Crippen LogP contribution < -0.4 is 10.7 Å². The van der Waals surface area contributed by atoms with Crippen LogP contribution in [0.4, 0.5) is 4.79 Å². The summed E-state index contributed by atoms with van der Waals surface area (Å²) in [6.45, 7) is -0.0799. The molecule has 140 valence electrons. The number of urea groups is 1. The number of fused-ring (bicyclic) bond motifs is 2. The zero-order valence-corrected chi connectivity index (χ0v) is 14.5. The number of dihydropyridines is 1. The average molecular weight is 378 g/mol. The van der Waals surface area contributed by atoms with E-state index in [1.807, 2.05) is 0 Å². The maximum atomic E-state index is 12.4. The van der Waals surface area contributed by atoms with E-state index in [1.165, 1.54) is 6.21 Å². The van der Waals surface area contributed by atoms with Gasteiger partial charge in [0.15, 0.2) is 11.2 Å². The predicted molar refractivity (Wildman–Crippen MR) is 100 cm³/mol. The zero-order chi connectivity index (χ0) is 19.7. The fourth-order valence-corrected chi connectivity index (χ4v) is 2.95. The maximum Gasteiger partial charge on any atom is 0.352 e. The third-order valence-corrected chi connectivity index (χ3v) is 4.33. The molecule has 4 amide bonds. The highest BCUT2D eigenvalue weighted by atomic mass is 16.3. The molecule has 0 fully saturated rings. The quantitative estimate of drug-likeness (QED) is 0.855. The molecule has 9 nitrogen and oxygen atoms in total. The summed E-state index contributed by atoms with van der Waals surface area (Å²) in [5.74, 6) is -1.75. The Bertz CT molecular complexity index is 1140. The largest absolute Gasteiger partial charge is 0.451 e. The lowest BCUT2D eigenvalue weighted by molar-refractivity contribution is -0.129. The van der Waals surface area contributed by atoms with Crippen LogP contribution in [0, 0.1) is 5.92 Å². The van der Waals surface area contributed by atoms with Crippen LogP contribution in [0.2, 0.25) is 0 Å². The van der Waals surface area contributed by atoms with Crippen molar-refractivity contribution in [1.82, 2.24) is 10.2 Å². The maximum absolute atomic E-state index is 12.4. The fraction of sp³-hybridized carbons (Fsp3) is 0.158. The number of allylic oxidation sites excluding steroid dienone is 1. The molecule has 0 saturated carbocycles. The van der Waals surface area contributed by atoms with Crippen LogP contribution in [0.1, 0.15) is 10.6 Å². The first kappa shape index (κ1) is 17.5. The highest BCUT2D eigenvalue weighted by molar-refractivity contribution is 6.19. The average Bonchev–Trinajstić information content (AvgIpc) is 2.70. The first-order valence-electron chi connectivity index (χ1n) is 8.50. The number of amides is 4. The van der Waals surface area contributed by atoms with E-state index in [0.717, 1.165) is 11.0 Å². The minimum atomic E-state index is -0.727. The smallest absolute Gasteiger partial charge is 0.352 e. The topological polar surface area (TPSA) is 121 Å². The molecule has 2 aliphatic heterocycles. The van der Waals surface area contributed by atoms with Crippen molar-refractivity contribution in [2.75, 3.05) is 13.1 Å². The molecule has 0 saturated heterocycles. The van der Waals surface area contributed by atoms with E-state index in [1.54, 1.807) is 36.4 Å². The normalized spacial score (nSPS) is 18.2. The van der Waals surface area contributed by atoms with Gasteiger partial charge in [0, 0.05) is 25.4 Å². The summed E-state index contributed by atoms with van der Waals surface area (Å²) in [4.78, 5) is 57.5. The van der Waals surface area contributed by atoms with Gasteiger partial charge in [-0.3, -0.25) is 19.3 Å². The zero-order valence-electron chi connectivity index (χ0n) is 14.5. The van der Waals surface area contributed by atoms with Crippen LogP contribution in [-0.4, -0.2) is 47.9 Å². The van der Waals surface area contributed by atoms with E-state index in [-0.39, 0.29) is 30.1 Å². The molecular formula is C19H14N4O5. The molecule has 0 radical (unpaired) electrons. The second-order valence-electron chi connectivity index (χ2n) is 6.11. The van der Waals surface area contributed by atoms with Gasteiger partial charge in [-0.25, -0.2) is 9.79 Å². The molecule has 1 aromatic heterocycles. The number of carbonyl (C=O) groups is 3. The Morgan fingerprint density at radius 2 is 2.04 bits per heavy atom. The summed E-state index contributed by atoms with van der Waals surface area (Å²) >= 11 is 0. The number of hydrogen-bond acceptors (Lipinski definition) is 6. The van der Waals surface area contributed by atoms with E-state index in [4.69, 9.17) is 4.42 Å². The van der Waals surface area contributed by atoms with Gasteiger partial charge in [-0.15, -0.1) is 0 Å². The molecule has 2 aliphatic rings. The van der Waals surface area contributed by atoms with Crippen molar-refractivity contribution in [3.05, 3.63) is 58.5 Å². The van der Waals surface area contributed by atoms with Crippen molar-refractivity contribution in [3.8, 4) is 0 Å². The highest BCUT2D eigenvalue weighted by Crippen LogP contribution is 2.18. The molecule has 28 heavy (non-hydrogen) atoms. The third kappa shape index (κ3) is 3.13. The lowest BCUT2D eigenvalue weighted by Gasteiger charge is -2.27. The van der Waals surface area contributed by atoms with Gasteiger partial charge >= 0.3 is 6.03 Å². The van der Waals surface area contributed by atoms with Crippen LogP contribution in [0.5, 0.6) is 0 Å². The number of imide groups is 1. The van der Waals surface area contributed by atoms with Crippen LogP contribution in [0.25, 0.3) is 11.0 Å². The van der Waals surface area contributed by atoms with Crippen molar-refractivity contribution in [2.24, 2.45) is 15.9 Å². The number of hydrogen-bond donors (Lipinski definition) is 1. The first-order chi connectivity index (χ1) is 13.5. The van der Waals surface area contributed by atoms with Gasteiger partial charge in [-0.1, -0.05) is 18.2 Å². The molecule has 2 aromatic rings. The highest BCUT2D eigenvalue weighted by Gasteiger charge is 2.36. The van der Waals surface area contributed by atoms with Crippen LogP contribution in [-0.2, 0) is 4.79 Å². The van der Waals surface area contributed by atoms with Gasteiger partial charge in [0.1, 0.15) is 17.3 Å². The summed E-state index contributed by atoms with van der Waals surface area (Å²) in [7, 11) is 0. The lowest BCUT2D eigenvalue weighted by Crippen LogP contribution is -2.48. The monoisotopic (exact) mass is 378 g/mol. The number of amidine groups is 1. The van der Waals surface area contributed by atoms with Crippen molar-refractivity contribution in [3.63, 3.8) is 0 Å². The van der Waals surface area contributed by atoms with Crippen molar-refractivity contribution < 1.29 is 18.8 Å². The van der Waals surface area contributed by atoms with Crippen LogP contribution in [0.15, 0.2) is 61.7 Å². The SMILES string of the molecule is O=C(NCCN1C(=O)N=C2N=CC=CC2C1=O)c1cc(=O)c2ccccc2o1. The number of nitrogens with zero attached hydrogens (tertiary/aromatic N) is 3. The second kappa shape index (κ2) is 7.03. The van der Waals surface area contributed by atoms with Gasteiger partial charge in [0.25, 0.3) is 5.91 Å². The Hall–Kier alpha value is -3.88. The summed E-state index contributed by atoms with van der Waals surface area (Å²) < 4.78 is 5.45. The summed E-state index contributed by atoms with van der Waals surface area (Å²) in [5, 5.41) is 2.91. The number of para-hydroxylation sites is 1. The van der Waals surface area contributed by atoms with Crippen LogP contribution in [0.3, 0.4) is 0 Å². The Balaban J connectivity index is 1.43. The standard InChI is InChI=1S/C19H14N4O5/c24-13-10-15(28-14-6-2-1-4-11(13)14)17(25)21-8-9-23-18(26)12-5-3-7-20-16(12)22-19(23)27/h1-7,10,12H,8-9H2,(H,21,25). The van der Waals surface area contributed by atoms with Crippen molar-refractivity contribution in [1.29, 1.82) is 0 Å². The summed E-state index contributed by atoms with van der Waals surface area (Å²) in [5.41, 5.74) is -0.0343. The number of nitrogens with one attached hydrogen (secondary N) is 1. The Morgan fingerprint density at radius 1 is 1.21 bits per heavy atom. The minimum Gasteiger partial charge on any atom is -0.451 e. The molecule has 9 heteroatoms. The van der Waals surface area contributed by atoms with Gasteiger partial charge in [0.05, 0.1) is 5.39 Å². The number of rotatable bonds is 4. The first-order valence-corrected chi connectivity index (χ1v) is 8.50. The molecular weight excluding hydrogens is 364 g/mol. The fourth-order valence-electron chi connectivity index (χ4n) is 2.95. The molecule has 4 rings (SSSR count). The molecule has 1 unspecified atom stereocenters. The predicted octanol–water partition coefficient (Wildman–Crippen LogP) is 1.14. The second-order valence-corrected chi connectivity index (χ2v) is 6.11. The number of aliphatic imine (C=N–C) groups is 2. The van der Waals surface area contributed by atoms with Gasteiger partial charge in [0.2, 0.25) is 5.91 Å². The third-order valence-electron chi connectivity index (χ3n) is 4.33. The molecule has 1 aromatic carbocycles. The van der Waals surface area contributed by atoms with Crippen molar-refractivity contribution in [2.45, 2.75) is 0 Å². The van der Waals surface area contributed by atoms with E-state index < -0.39 is 23.8 Å². The Labute approximate surface area is 158 Å². The van der Waals surface area contributed by atoms with E-state index in [2.05, 4.69) is 15.3 Å². The number of benzene rings is 1. The molecule has 0 aliphatic carbocycles. The molecule has 1 N–H and O–H groups in total. The van der Waals surface area contributed by atoms with E-state index in [9.17, 15) is 19.2 Å². The lowest BCUT2D eigenvalue weighted by atomic mass is 10.0. The number of carbonyl (C=O) groups excluding carboxylic acids is 3. The Morgan fingerprint density at radius 3 is 2.89 bits per heavy atom. The summed E-state index contributed by atoms with van der Waals surface area (Å²) in [6.07, 6.45) is 4.68. The molecule has 0 bridgehead atoms. The van der Waals surface area contributed by atoms with Gasteiger partial charge in [-0.05, 0) is 18.2 Å². The van der Waals surface area contributed by atoms with Crippen molar-refractivity contribution >= 4 is 40.9 Å². The van der Waals surface area contributed by atoms with Gasteiger partial charge in [-0.2, -0.15) is 4.99 Å². The van der Waals surface area contributed by atoms with E-state index >= 15 is 0 Å². The Kier molecular flexibility index (Phi) is 4.40.